The van der Waals surface area contributed by atoms with Gasteiger partial charge in [0.25, 0.3) is 5.91 Å². The van der Waals surface area contributed by atoms with Crippen LogP contribution in [-0.4, -0.2) is 47.3 Å². The summed E-state index contributed by atoms with van der Waals surface area (Å²) in [6.45, 7) is 5.73. The smallest absolute Gasteiger partial charge is 0.336 e. The van der Waals surface area contributed by atoms with Crippen LogP contribution in [0.25, 0.3) is 0 Å². The summed E-state index contributed by atoms with van der Waals surface area (Å²) in [7, 11) is 0. The number of piperidine rings is 1. The number of esters is 1. The molecule has 41 heavy (non-hydrogen) atoms. The average Bonchev–Trinajstić information content (AvgIpc) is 3.00. The summed E-state index contributed by atoms with van der Waals surface area (Å²) in [6.07, 6.45) is 3.28. The van der Waals surface area contributed by atoms with Gasteiger partial charge in [-0.15, -0.1) is 0 Å². The topological polar surface area (TPSA) is 66.9 Å². The number of likely N-dealkylation sites (tertiary alicyclic amines) is 1. The molecule has 0 aliphatic carbocycles. The van der Waals surface area contributed by atoms with Crippen LogP contribution in [0.4, 0.5) is 0 Å². The minimum absolute atomic E-state index is 0.0390. The van der Waals surface area contributed by atoms with E-state index >= 15 is 0 Å². The molecular formula is C35H38N2O4. The van der Waals surface area contributed by atoms with Gasteiger partial charge in [-0.3, -0.25) is 9.59 Å². The lowest BCUT2D eigenvalue weighted by Gasteiger charge is -2.34. The van der Waals surface area contributed by atoms with Crippen molar-refractivity contribution < 1.29 is 19.1 Å². The highest BCUT2D eigenvalue weighted by Gasteiger charge is 2.36. The van der Waals surface area contributed by atoms with Crippen molar-refractivity contribution in [3.63, 3.8) is 0 Å². The molecule has 3 aromatic rings. The fourth-order valence-corrected chi connectivity index (χ4v) is 6.05. The number of carbonyl (C=O) groups excluding carboxylic acids is 3. The number of ether oxygens (including phenoxy) is 1. The zero-order valence-corrected chi connectivity index (χ0v) is 23.9. The molecule has 1 unspecified atom stereocenters. The first-order valence-corrected chi connectivity index (χ1v) is 14.6. The van der Waals surface area contributed by atoms with Crippen LogP contribution in [0.5, 0.6) is 0 Å². The third-order valence-electron chi connectivity index (χ3n) is 8.33. The van der Waals surface area contributed by atoms with Gasteiger partial charge in [0, 0.05) is 36.7 Å². The Bertz CT molecular complexity index is 1390. The Kier molecular flexibility index (Phi) is 8.98. The average molecular weight is 551 g/mol. The first kappa shape index (κ1) is 28.3. The van der Waals surface area contributed by atoms with Gasteiger partial charge in [-0.1, -0.05) is 72.8 Å². The molecule has 2 aliphatic heterocycles. The second kappa shape index (κ2) is 13.0. The van der Waals surface area contributed by atoms with E-state index in [1.165, 1.54) is 5.56 Å². The van der Waals surface area contributed by atoms with Crippen molar-refractivity contribution in [1.29, 1.82) is 0 Å². The summed E-state index contributed by atoms with van der Waals surface area (Å²) >= 11 is 0. The number of nitrogens with zero attached hydrogens (tertiary/aromatic N) is 2. The van der Waals surface area contributed by atoms with E-state index in [-0.39, 0.29) is 36.7 Å². The predicted octanol–water partition coefficient (Wildman–Crippen LogP) is 6.13. The normalized spacial score (nSPS) is 18.0. The van der Waals surface area contributed by atoms with E-state index in [9.17, 15) is 14.4 Å². The Labute approximate surface area is 242 Å². The van der Waals surface area contributed by atoms with Crippen LogP contribution in [0, 0.1) is 5.92 Å². The lowest BCUT2D eigenvalue weighted by molar-refractivity contribution is -0.140. The number of rotatable bonds is 8. The summed E-state index contributed by atoms with van der Waals surface area (Å²) < 4.78 is 5.40. The Morgan fingerprint density at radius 1 is 0.854 bits per heavy atom. The number of carbonyl (C=O) groups is 3. The maximum absolute atomic E-state index is 13.3. The Hall–Kier alpha value is -4.19. The van der Waals surface area contributed by atoms with E-state index in [1.807, 2.05) is 72.5 Å². The summed E-state index contributed by atoms with van der Waals surface area (Å²) in [5.41, 5.74) is 4.98. The van der Waals surface area contributed by atoms with Gasteiger partial charge in [0.2, 0.25) is 5.91 Å². The zero-order valence-electron chi connectivity index (χ0n) is 23.9. The molecule has 0 spiro atoms. The van der Waals surface area contributed by atoms with Gasteiger partial charge in [-0.25, -0.2) is 4.79 Å². The van der Waals surface area contributed by atoms with E-state index < -0.39 is 0 Å². The van der Waals surface area contributed by atoms with Crippen molar-refractivity contribution >= 4 is 17.8 Å². The SMILES string of the molecule is CCOC(=O)C1=C(C)N(Cc2ccc(C(=O)N3CCC(Cc4ccccc4)CC3)cc2)C(=O)CC1c1ccccc1. The predicted molar refractivity (Wildman–Crippen MR) is 159 cm³/mol. The molecule has 0 N–H and O–H groups in total. The molecule has 0 bridgehead atoms. The highest BCUT2D eigenvalue weighted by molar-refractivity contribution is 5.96. The summed E-state index contributed by atoms with van der Waals surface area (Å²) in [5.74, 6) is -0.109. The molecule has 2 aliphatic rings. The molecule has 2 heterocycles. The highest BCUT2D eigenvalue weighted by atomic mass is 16.5. The standard InChI is InChI=1S/C35H38N2O4/c1-3-41-35(40)33-25(2)37(32(38)23-31(33)29-12-8-5-9-13-29)24-28-14-16-30(17-15-28)34(39)36-20-18-27(19-21-36)22-26-10-6-4-7-11-26/h4-17,27,31H,3,18-24H2,1-2H3. The minimum Gasteiger partial charge on any atom is -0.463 e. The molecule has 1 saturated heterocycles. The molecule has 212 valence electrons. The fourth-order valence-electron chi connectivity index (χ4n) is 6.05. The first-order valence-electron chi connectivity index (χ1n) is 14.6. The van der Waals surface area contributed by atoms with Gasteiger partial charge in [-0.2, -0.15) is 0 Å². The fraction of sp³-hybridized carbons (Fsp3) is 0.343. The van der Waals surface area contributed by atoms with Gasteiger partial charge in [0.1, 0.15) is 0 Å². The van der Waals surface area contributed by atoms with Crippen molar-refractivity contribution in [1.82, 2.24) is 9.80 Å². The molecule has 0 aromatic heterocycles. The quantitative estimate of drug-likeness (QED) is 0.316. The van der Waals surface area contributed by atoms with Gasteiger partial charge in [0.15, 0.2) is 0 Å². The number of allylic oxidation sites excluding steroid dienone is 1. The Morgan fingerprint density at radius 2 is 1.49 bits per heavy atom. The highest BCUT2D eigenvalue weighted by Crippen LogP contribution is 2.37. The molecule has 5 rings (SSSR count). The maximum Gasteiger partial charge on any atom is 0.336 e. The third kappa shape index (κ3) is 6.59. The second-order valence-electron chi connectivity index (χ2n) is 11.0. The third-order valence-corrected chi connectivity index (χ3v) is 8.33. The maximum atomic E-state index is 13.3. The van der Waals surface area contributed by atoms with E-state index in [1.54, 1.807) is 11.8 Å². The molecule has 1 atom stereocenters. The van der Waals surface area contributed by atoms with Gasteiger partial charge < -0.3 is 14.5 Å². The van der Waals surface area contributed by atoms with Crippen LogP contribution in [-0.2, 0) is 27.3 Å². The molecular weight excluding hydrogens is 512 g/mol. The molecule has 1 fully saturated rings. The molecule has 6 nitrogen and oxygen atoms in total. The molecule has 2 amide bonds. The second-order valence-corrected chi connectivity index (χ2v) is 11.0. The van der Waals surface area contributed by atoms with Gasteiger partial charge in [0.05, 0.1) is 18.7 Å². The van der Waals surface area contributed by atoms with Gasteiger partial charge in [-0.05, 0) is 67.9 Å². The van der Waals surface area contributed by atoms with E-state index in [0.717, 1.165) is 43.5 Å². The largest absolute Gasteiger partial charge is 0.463 e. The Morgan fingerprint density at radius 3 is 2.12 bits per heavy atom. The van der Waals surface area contributed by atoms with E-state index in [2.05, 4.69) is 24.3 Å². The van der Waals surface area contributed by atoms with Crippen molar-refractivity contribution in [3.05, 3.63) is 118 Å². The number of benzene rings is 3. The molecule has 0 saturated carbocycles. The summed E-state index contributed by atoms with van der Waals surface area (Å²) in [4.78, 5) is 43.2. The first-order chi connectivity index (χ1) is 19.9. The van der Waals surface area contributed by atoms with Crippen LogP contribution in [0.15, 0.2) is 96.2 Å². The van der Waals surface area contributed by atoms with Crippen molar-refractivity contribution in [2.24, 2.45) is 5.92 Å². The van der Waals surface area contributed by atoms with Crippen LogP contribution >= 0.6 is 0 Å². The lowest BCUT2D eigenvalue weighted by atomic mass is 9.83. The summed E-state index contributed by atoms with van der Waals surface area (Å²) in [5, 5.41) is 0. The van der Waals surface area contributed by atoms with Crippen molar-refractivity contribution in [2.45, 2.75) is 52.0 Å². The minimum atomic E-state index is -0.384. The Balaban J connectivity index is 1.25. The molecule has 0 radical (unpaired) electrons. The van der Waals surface area contributed by atoms with Crippen LogP contribution in [0.3, 0.4) is 0 Å². The van der Waals surface area contributed by atoms with Crippen LogP contribution in [0.1, 0.15) is 66.1 Å². The zero-order chi connectivity index (χ0) is 28.8. The number of hydrogen-bond acceptors (Lipinski definition) is 4. The van der Waals surface area contributed by atoms with Crippen LogP contribution in [0.2, 0.25) is 0 Å². The van der Waals surface area contributed by atoms with Crippen LogP contribution < -0.4 is 0 Å². The van der Waals surface area contributed by atoms with Crippen molar-refractivity contribution in [2.75, 3.05) is 19.7 Å². The number of hydrogen-bond donors (Lipinski definition) is 0. The van der Waals surface area contributed by atoms with E-state index in [4.69, 9.17) is 4.74 Å². The summed E-state index contributed by atoms with van der Waals surface area (Å²) in [6, 6.07) is 27.7. The van der Waals surface area contributed by atoms with Crippen molar-refractivity contribution in [3.8, 4) is 0 Å². The monoisotopic (exact) mass is 550 g/mol. The van der Waals surface area contributed by atoms with E-state index in [0.29, 0.717) is 29.3 Å². The van der Waals surface area contributed by atoms with Gasteiger partial charge >= 0.3 is 5.97 Å². The molecule has 6 heteroatoms. The number of amides is 2. The molecule has 3 aromatic carbocycles. The lowest BCUT2D eigenvalue weighted by Crippen LogP contribution is -2.39.